The number of aliphatic hydroxyl groups is 2. The van der Waals surface area contributed by atoms with Gasteiger partial charge in [0.15, 0.2) is 0 Å². The number of carboxylic acids is 1. The van der Waals surface area contributed by atoms with Crippen LogP contribution in [-0.2, 0) is 14.3 Å². The van der Waals surface area contributed by atoms with E-state index in [0.717, 1.165) is 32.1 Å². The molecule has 0 heterocycles. The van der Waals surface area contributed by atoms with Gasteiger partial charge in [-0.25, -0.2) is 4.79 Å². The van der Waals surface area contributed by atoms with Crippen LogP contribution in [0, 0.1) is 24.2 Å². The lowest BCUT2D eigenvalue weighted by Crippen LogP contribution is -2.26. The van der Waals surface area contributed by atoms with E-state index in [1.54, 1.807) is 6.08 Å². The second-order valence-corrected chi connectivity index (χ2v) is 7.98. The van der Waals surface area contributed by atoms with Crippen molar-refractivity contribution in [2.45, 2.75) is 82.8 Å². The topological polar surface area (TPSA) is 104 Å². The lowest BCUT2D eigenvalue weighted by Gasteiger charge is -2.21. The SMILES string of the molecule is C#CC(O)(CC=C[C@H]1[C@H](O)CC(=O)[C@@H]1CCCCOCC(=O)O)CCCCCC. The summed E-state index contributed by atoms with van der Waals surface area (Å²) in [4.78, 5) is 22.6. The molecular weight excluding hydrogens is 372 g/mol. The highest BCUT2D eigenvalue weighted by molar-refractivity contribution is 5.84. The van der Waals surface area contributed by atoms with Crippen molar-refractivity contribution in [2.24, 2.45) is 11.8 Å². The Bertz CT molecular complexity index is 578. The van der Waals surface area contributed by atoms with Crippen LogP contribution in [0.15, 0.2) is 12.2 Å². The Morgan fingerprint density at radius 3 is 2.72 bits per heavy atom. The number of aliphatic carboxylic acids is 1. The first kappa shape index (κ1) is 25.4. The van der Waals surface area contributed by atoms with Gasteiger partial charge in [-0.15, -0.1) is 6.42 Å². The maximum Gasteiger partial charge on any atom is 0.329 e. The standard InChI is InChI=1S/C23H36O6/c1-3-5-6-8-13-23(28,4-2)14-10-12-19-18(20(24)16-21(19)25)11-7-9-15-29-17-22(26)27/h2,10,12,18-19,21,25,28H,3,5-9,11,13-17H2,1H3,(H,26,27)/t18-,19-,21-,23?/m1/s1. The largest absolute Gasteiger partial charge is 0.480 e. The fourth-order valence-electron chi connectivity index (χ4n) is 3.82. The maximum absolute atomic E-state index is 12.2. The Hall–Kier alpha value is -1.68. The first-order valence-electron chi connectivity index (χ1n) is 10.7. The average Bonchev–Trinajstić information content (AvgIpc) is 2.94. The number of terminal acetylenes is 1. The number of carboxylic acid groups (broad SMARTS) is 1. The van der Waals surface area contributed by atoms with Crippen molar-refractivity contribution in [3.05, 3.63) is 12.2 Å². The fraction of sp³-hybridized carbons (Fsp3) is 0.739. The van der Waals surface area contributed by atoms with Crippen LogP contribution in [0.1, 0.15) is 71.1 Å². The van der Waals surface area contributed by atoms with E-state index in [-0.39, 0.29) is 30.6 Å². The molecule has 4 atom stereocenters. The Labute approximate surface area is 174 Å². The van der Waals surface area contributed by atoms with E-state index >= 15 is 0 Å². The van der Waals surface area contributed by atoms with Gasteiger partial charge in [0.2, 0.25) is 0 Å². The zero-order valence-corrected chi connectivity index (χ0v) is 17.5. The van der Waals surface area contributed by atoms with Crippen molar-refractivity contribution in [1.82, 2.24) is 0 Å². The van der Waals surface area contributed by atoms with Crippen LogP contribution in [0.2, 0.25) is 0 Å². The smallest absolute Gasteiger partial charge is 0.329 e. The molecule has 1 aliphatic carbocycles. The predicted octanol–water partition coefficient (Wildman–Crippen LogP) is 3.11. The number of rotatable bonds is 15. The molecule has 1 saturated carbocycles. The highest BCUT2D eigenvalue weighted by Crippen LogP contribution is 2.34. The quantitative estimate of drug-likeness (QED) is 0.218. The molecule has 0 aromatic heterocycles. The van der Waals surface area contributed by atoms with E-state index in [0.29, 0.717) is 32.3 Å². The molecule has 0 aromatic carbocycles. The monoisotopic (exact) mass is 408 g/mol. The molecule has 1 unspecified atom stereocenters. The molecule has 1 rings (SSSR count). The van der Waals surface area contributed by atoms with E-state index in [2.05, 4.69) is 12.8 Å². The van der Waals surface area contributed by atoms with Crippen molar-refractivity contribution in [3.63, 3.8) is 0 Å². The van der Waals surface area contributed by atoms with Crippen LogP contribution in [0.25, 0.3) is 0 Å². The summed E-state index contributed by atoms with van der Waals surface area (Å²) in [6.45, 7) is 2.15. The molecule has 0 bridgehead atoms. The number of hydrogen-bond acceptors (Lipinski definition) is 5. The highest BCUT2D eigenvalue weighted by Gasteiger charge is 2.39. The number of aliphatic hydroxyl groups excluding tert-OH is 1. The second-order valence-electron chi connectivity index (χ2n) is 7.98. The number of unbranched alkanes of at least 4 members (excludes halogenated alkanes) is 4. The molecule has 164 valence electrons. The van der Waals surface area contributed by atoms with Crippen LogP contribution in [0.3, 0.4) is 0 Å². The molecule has 0 radical (unpaired) electrons. The third-order valence-electron chi connectivity index (χ3n) is 5.54. The minimum Gasteiger partial charge on any atom is -0.480 e. The molecule has 1 aliphatic rings. The summed E-state index contributed by atoms with van der Waals surface area (Å²) in [5, 5.41) is 29.4. The van der Waals surface area contributed by atoms with Gasteiger partial charge in [0, 0.05) is 31.3 Å². The molecule has 0 aromatic rings. The lowest BCUT2D eigenvalue weighted by molar-refractivity contribution is -0.142. The molecule has 6 heteroatoms. The van der Waals surface area contributed by atoms with Gasteiger partial charge in [-0.05, 0) is 25.7 Å². The molecule has 1 fully saturated rings. The van der Waals surface area contributed by atoms with Crippen molar-refractivity contribution < 1.29 is 29.6 Å². The normalized spacial score (nSPS) is 23.9. The minimum atomic E-state index is -1.19. The van der Waals surface area contributed by atoms with Crippen LogP contribution in [-0.4, -0.2) is 52.0 Å². The summed E-state index contributed by atoms with van der Waals surface area (Å²) in [5.74, 6) is 1.01. The first-order valence-corrected chi connectivity index (χ1v) is 10.7. The van der Waals surface area contributed by atoms with Crippen LogP contribution < -0.4 is 0 Å². The minimum absolute atomic E-state index is 0.0466. The summed E-state index contributed by atoms with van der Waals surface area (Å²) in [5.41, 5.74) is -1.19. The summed E-state index contributed by atoms with van der Waals surface area (Å²) in [7, 11) is 0. The molecule has 3 N–H and O–H groups in total. The van der Waals surface area contributed by atoms with Crippen molar-refractivity contribution in [2.75, 3.05) is 13.2 Å². The Morgan fingerprint density at radius 2 is 2.07 bits per heavy atom. The summed E-state index contributed by atoms with van der Waals surface area (Å²) in [6.07, 6.45) is 15.6. The lowest BCUT2D eigenvalue weighted by atomic mass is 9.87. The predicted molar refractivity (Wildman–Crippen MR) is 111 cm³/mol. The average molecular weight is 409 g/mol. The number of Topliss-reactive ketones (excluding diaryl/α,β-unsaturated/α-hetero) is 1. The zero-order chi connectivity index (χ0) is 21.7. The van der Waals surface area contributed by atoms with E-state index < -0.39 is 17.7 Å². The molecule has 0 saturated heterocycles. The third kappa shape index (κ3) is 9.58. The highest BCUT2D eigenvalue weighted by atomic mass is 16.5. The molecule has 0 amide bonds. The summed E-state index contributed by atoms with van der Waals surface area (Å²) in [6, 6.07) is 0. The zero-order valence-electron chi connectivity index (χ0n) is 17.5. The Morgan fingerprint density at radius 1 is 1.31 bits per heavy atom. The van der Waals surface area contributed by atoms with E-state index in [1.807, 2.05) is 6.08 Å². The number of carbonyl (C=O) groups is 2. The third-order valence-corrected chi connectivity index (χ3v) is 5.54. The van der Waals surface area contributed by atoms with Crippen molar-refractivity contribution >= 4 is 11.8 Å². The first-order chi connectivity index (χ1) is 13.8. The Kier molecular flexibility index (Phi) is 11.8. The molecular formula is C23H36O6. The van der Waals surface area contributed by atoms with Crippen LogP contribution >= 0.6 is 0 Å². The maximum atomic E-state index is 12.2. The van der Waals surface area contributed by atoms with Crippen LogP contribution in [0.5, 0.6) is 0 Å². The van der Waals surface area contributed by atoms with Gasteiger partial charge >= 0.3 is 5.97 Å². The van der Waals surface area contributed by atoms with Crippen LogP contribution in [0.4, 0.5) is 0 Å². The fourth-order valence-corrected chi connectivity index (χ4v) is 3.82. The van der Waals surface area contributed by atoms with E-state index in [4.69, 9.17) is 16.3 Å². The second kappa shape index (κ2) is 13.5. The van der Waals surface area contributed by atoms with Crippen molar-refractivity contribution in [3.8, 4) is 12.3 Å². The molecule has 6 nitrogen and oxygen atoms in total. The van der Waals surface area contributed by atoms with Gasteiger partial charge in [0.25, 0.3) is 0 Å². The van der Waals surface area contributed by atoms with Gasteiger partial charge < -0.3 is 20.1 Å². The summed E-state index contributed by atoms with van der Waals surface area (Å²) < 4.78 is 5.00. The number of ketones is 1. The van der Waals surface area contributed by atoms with Gasteiger partial charge in [0.05, 0.1) is 6.10 Å². The van der Waals surface area contributed by atoms with Gasteiger partial charge in [-0.1, -0.05) is 50.7 Å². The van der Waals surface area contributed by atoms with Crippen molar-refractivity contribution in [1.29, 1.82) is 0 Å². The van der Waals surface area contributed by atoms with E-state index in [1.165, 1.54) is 0 Å². The van der Waals surface area contributed by atoms with Gasteiger partial charge in [0.1, 0.15) is 18.0 Å². The number of carbonyl (C=O) groups excluding carboxylic acids is 1. The van der Waals surface area contributed by atoms with E-state index in [9.17, 15) is 19.8 Å². The van der Waals surface area contributed by atoms with Gasteiger partial charge in [-0.2, -0.15) is 0 Å². The summed E-state index contributed by atoms with van der Waals surface area (Å²) >= 11 is 0. The molecule has 29 heavy (non-hydrogen) atoms. The van der Waals surface area contributed by atoms with Gasteiger partial charge in [-0.3, -0.25) is 4.79 Å². The number of ether oxygens (including phenoxy) is 1. The molecule has 0 spiro atoms. The Balaban J connectivity index is 2.50. The number of hydrogen-bond donors (Lipinski definition) is 3. The molecule has 0 aliphatic heterocycles.